The fourth-order valence-corrected chi connectivity index (χ4v) is 2.37. The van der Waals surface area contributed by atoms with Gasteiger partial charge in [0.25, 0.3) is 0 Å². The number of carbonyl (C=O) groups excluding carboxylic acids is 1. The standard InChI is InChI=1S/C14H17F3N2O/c15-14(16,17)10-3-7-12(8-4-10)19-13(20)9-1-5-11(18)6-2-9/h3-4,7-9,11H,1-2,5-6,18H2,(H,19,20). The van der Waals surface area contributed by atoms with E-state index in [0.717, 1.165) is 37.8 Å². The molecular formula is C14H17F3N2O. The van der Waals surface area contributed by atoms with Gasteiger partial charge in [-0.3, -0.25) is 4.79 Å². The lowest BCUT2D eigenvalue weighted by atomic mass is 9.86. The Morgan fingerprint density at radius 3 is 2.15 bits per heavy atom. The van der Waals surface area contributed by atoms with Crippen molar-refractivity contribution in [3.8, 4) is 0 Å². The van der Waals surface area contributed by atoms with Gasteiger partial charge in [0.15, 0.2) is 0 Å². The van der Waals surface area contributed by atoms with Crippen LogP contribution in [0.1, 0.15) is 31.2 Å². The molecule has 2 rings (SSSR count). The molecule has 0 unspecified atom stereocenters. The van der Waals surface area contributed by atoms with Gasteiger partial charge >= 0.3 is 6.18 Å². The van der Waals surface area contributed by atoms with Crippen LogP contribution in [0.5, 0.6) is 0 Å². The highest BCUT2D eigenvalue weighted by molar-refractivity contribution is 5.92. The Kier molecular flexibility index (Phi) is 4.32. The van der Waals surface area contributed by atoms with Gasteiger partial charge in [0.2, 0.25) is 5.91 Å². The van der Waals surface area contributed by atoms with Crippen LogP contribution in [0.2, 0.25) is 0 Å². The quantitative estimate of drug-likeness (QED) is 0.877. The number of carbonyl (C=O) groups is 1. The summed E-state index contributed by atoms with van der Waals surface area (Å²) in [5, 5.41) is 2.66. The van der Waals surface area contributed by atoms with E-state index in [-0.39, 0.29) is 17.9 Å². The Bertz CT molecular complexity index is 462. The predicted octanol–water partition coefficient (Wildman–Crippen LogP) is 3.16. The minimum atomic E-state index is -4.36. The van der Waals surface area contributed by atoms with Crippen molar-refractivity contribution >= 4 is 11.6 Å². The van der Waals surface area contributed by atoms with Gasteiger partial charge in [0.05, 0.1) is 5.56 Å². The number of anilines is 1. The molecule has 0 saturated heterocycles. The van der Waals surface area contributed by atoms with Crippen LogP contribution in [0.4, 0.5) is 18.9 Å². The SMILES string of the molecule is NC1CCC(C(=O)Nc2ccc(C(F)(F)F)cc2)CC1. The van der Waals surface area contributed by atoms with E-state index in [1.807, 2.05) is 0 Å². The molecule has 20 heavy (non-hydrogen) atoms. The summed E-state index contributed by atoms with van der Waals surface area (Å²) >= 11 is 0. The molecule has 0 heterocycles. The number of amides is 1. The Labute approximate surface area is 115 Å². The molecule has 0 bridgehead atoms. The molecule has 1 amide bonds. The minimum Gasteiger partial charge on any atom is -0.328 e. The van der Waals surface area contributed by atoms with Crippen LogP contribution >= 0.6 is 0 Å². The second kappa shape index (κ2) is 5.83. The summed E-state index contributed by atoms with van der Waals surface area (Å²) in [4.78, 5) is 12.0. The fourth-order valence-electron chi connectivity index (χ4n) is 2.37. The average molecular weight is 286 g/mol. The largest absolute Gasteiger partial charge is 0.416 e. The highest BCUT2D eigenvalue weighted by Gasteiger charge is 2.30. The maximum Gasteiger partial charge on any atom is 0.416 e. The first kappa shape index (κ1) is 14.8. The maximum atomic E-state index is 12.4. The zero-order valence-electron chi connectivity index (χ0n) is 10.9. The predicted molar refractivity (Wildman–Crippen MR) is 70.0 cm³/mol. The molecule has 110 valence electrons. The first-order chi connectivity index (χ1) is 9.36. The topological polar surface area (TPSA) is 55.1 Å². The van der Waals surface area contributed by atoms with Gasteiger partial charge in [-0.15, -0.1) is 0 Å². The third-order valence-corrected chi connectivity index (χ3v) is 3.62. The summed E-state index contributed by atoms with van der Waals surface area (Å²) in [5.41, 5.74) is 5.43. The third-order valence-electron chi connectivity index (χ3n) is 3.62. The van der Waals surface area contributed by atoms with Gasteiger partial charge in [-0.2, -0.15) is 13.2 Å². The molecule has 0 atom stereocenters. The minimum absolute atomic E-state index is 0.0999. The van der Waals surface area contributed by atoms with Crippen LogP contribution in [0.3, 0.4) is 0 Å². The van der Waals surface area contributed by atoms with E-state index in [1.54, 1.807) is 0 Å². The lowest BCUT2D eigenvalue weighted by Gasteiger charge is -2.25. The van der Waals surface area contributed by atoms with Gasteiger partial charge in [0.1, 0.15) is 0 Å². The van der Waals surface area contributed by atoms with Gasteiger partial charge in [-0.25, -0.2) is 0 Å². The van der Waals surface area contributed by atoms with Crippen LogP contribution in [0, 0.1) is 5.92 Å². The van der Waals surface area contributed by atoms with Crippen molar-refractivity contribution in [2.24, 2.45) is 11.7 Å². The van der Waals surface area contributed by atoms with Crippen molar-refractivity contribution in [1.82, 2.24) is 0 Å². The first-order valence-electron chi connectivity index (χ1n) is 6.60. The van der Waals surface area contributed by atoms with Gasteiger partial charge in [0, 0.05) is 17.6 Å². The Morgan fingerprint density at radius 2 is 1.65 bits per heavy atom. The van der Waals surface area contributed by atoms with Crippen LogP contribution < -0.4 is 11.1 Å². The van der Waals surface area contributed by atoms with Crippen LogP contribution in [0.15, 0.2) is 24.3 Å². The first-order valence-corrected chi connectivity index (χ1v) is 6.60. The number of rotatable bonds is 2. The number of halogens is 3. The van der Waals surface area contributed by atoms with Crippen molar-refractivity contribution in [3.63, 3.8) is 0 Å². The normalized spacial score (nSPS) is 23.4. The van der Waals surface area contributed by atoms with E-state index in [0.29, 0.717) is 5.69 Å². The van der Waals surface area contributed by atoms with Crippen molar-refractivity contribution in [1.29, 1.82) is 0 Å². The Hall–Kier alpha value is -1.56. The van der Waals surface area contributed by atoms with Crippen molar-refractivity contribution in [2.75, 3.05) is 5.32 Å². The number of hydrogen-bond acceptors (Lipinski definition) is 2. The molecule has 0 spiro atoms. The molecule has 0 aliphatic heterocycles. The molecule has 1 aliphatic carbocycles. The molecule has 1 aromatic carbocycles. The average Bonchev–Trinajstić information content (AvgIpc) is 2.39. The van der Waals surface area contributed by atoms with Gasteiger partial charge in [-0.05, 0) is 49.9 Å². The number of hydrogen-bond donors (Lipinski definition) is 2. The molecular weight excluding hydrogens is 269 g/mol. The van der Waals surface area contributed by atoms with Crippen LogP contribution in [-0.4, -0.2) is 11.9 Å². The summed E-state index contributed by atoms with van der Waals surface area (Å²) in [7, 11) is 0. The summed E-state index contributed by atoms with van der Waals surface area (Å²) < 4.78 is 37.2. The molecule has 1 aromatic rings. The number of nitrogens with one attached hydrogen (secondary N) is 1. The monoisotopic (exact) mass is 286 g/mol. The van der Waals surface area contributed by atoms with Crippen molar-refractivity contribution < 1.29 is 18.0 Å². The smallest absolute Gasteiger partial charge is 0.328 e. The lowest BCUT2D eigenvalue weighted by Crippen LogP contribution is -2.32. The highest BCUT2D eigenvalue weighted by Crippen LogP contribution is 2.30. The molecule has 6 heteroatoms. The molecule has 1 aliphatic rings. The summed E-state index contributed by atoms with van der Waals surface area (Å²) in [6.45, 7) is 0. The van der Waals surface area contributed by atoms with Crippen molar-refractivity contribution in [3.05, 3.63) is 29.8 Å². The summed E-state index contributed by atoms with van der Waals surface area (Å²) in [6, 6.07) is 4.63. The zero-order valence-corrected chi connectivity index (χ0v) is 10.9. The fraction of sp³-hybridized carbons (Fsp3) is 0.500. The molecule has 3 nitrogen and oxygen atoms in total. The Morgan fingerprint density at radius 1 is 1.10 bits per heavy atom. The zero-order chi connectivity index (χ0) is 14.8. The second-order valence-corrected chi connectivity index (χ2v) is 5.18. The molecule has 1 fully saturated rings. The molecule has 0 aromatic heterocycles. The summed E-state index contributed by atoms with van der Waals surface area (Å²) in [5.74, 6) is -0.242. The molecule has 0 radical (unpaired) electrons. The number of alkyl halides is 3. The van der Waals surface area contributed by atoms with E-state index in [9.17, 15) is 18.0 Å². The number of nitrogens with two attached hydrogens (primary N) is 1. The van der Waals surface area contributed by atoms with Gasteiger partial charge < -0.3 is 11.1 Å². The molecule has 3 N–H and O–H groups in total. The summed E-state index contributed by atoms with van der Waals surface area (Å²) in [6.07, 6.45) is -1.28. The maximum absolute atomic E-state index is 12.4. The third kappa shape index (κ3) is 3.72. The Balaban J connectivity index is 1.94. The van der Waals surface area contributed by atoms with E-state index in [2.05, 4.69) is 5.32 Å². The number of benzene rings is 1. The highest BCUT2D eigenvalue weighted by atomic mass is 19.4. The van der Waals surface area contributed by atoms with E-state index in [1.165, 1.54) is 12.1 Å². The van der Waals surface area contributed by atoms with E-state index >= 15 is 0 Å². The second-order valence-electron chi connectivity index (χ2n) is 5.18. The molecule has 1 saturated carbocycles. The van der Waals surface area contributed by atoms with E-state index in [4.69, 9.17) is 5.73 Å². The van der Waals surface area contributed by atoms with Crippen LogP contribution in [-0.2, 0) is 11.0 Å². The van der Waals surface area contributed by atoms with Crippen molar-refractivity contribution in [2.45, 2.75) is 37.9 Å². The lowest BCUT2D eigenvalue weighted by molar-refractivity contribution is -0.137. The van der Waals surface area contributed by atoms with Gasteiger partial charge in [-0.1, -0.05) is 0 Å². The van der Waals surface area contributed by atoms with E-state index < -0.39 is 11.7 Å². The van der Waals surface area contributed by atoms with Crippen LogP contribution in [0.25, 0.3) is 0 Å².